The molecule has 3 heteroatoms. The third-order valence-corrected chi connectivity index (χ3v) is 5.61. The van der Waals surface area contributed by atoms with Crippen molar-refractivity contribution in [3.05, 3.63) is 0 Å². The molecule has 110 valence electrons. The number of ether oxygens (including phenoxy) is 2. The van der Waals surface area contributed by atoms with Crippen molar-refractivity contribution in [2.75, 3.05) is 13.2 Å². The zero-order valence-corrected chi connectivity index (χ0v) is 12.3. The molecule has 0 aromatic carbocycles. The molecular formula is C16H29NO2. The summed E-state index contributed by atoms with van der Waals surface area (Å²) in [6.07, 6.45) is 11.5. The van der Waals surface area contributed by atoms with Crippen LogP contribution in [-0.2, 0) is 9.47 Å². The summed E-state index contributed by atoms with van der Waals surface area (Å²) in [5.41, 5.74) is 6.15. The van der Waals surface area contributed by atoms with E-state index in [9.17, 15) is 0 Å². The third-order valence-electron chi connectivity index (χ3n) is 5.61. The molecule has 3 atom stereocenters. The maximum absolute atomic E-state index is 6.32. The Morgan fingerprint density at radius 1 is 1.16 bits per heavy atom. The highest BCUT2D eigenvalue weighted by Crippen LogP contribution is 2.44. The van der Waals surface area contributed by atoms with Gasteiger partial charge in [-0.05, 0) is 50.9 Å². The van der Waals surface area contributed by atoms with Gasteiger partial charge in [0, 0.05) is 6.54 Å². The highest BCUT2D eigenvalue weighted by molar-refractivity contribution is 4.94. The van der Waals surface area contributed by atoms with Crippen molar-refractivity contribution in [3.8, 4) is 0 Å². The second-order valence-corrected chi connectivity index (χ2v) is 7.21. The van der Waals surface area contributed by atoms with Gasteiger partial charge in [0.1, 0.15) is 0 Å². The number of hydrogen-bond acceptors (Lipinski definition) is 3. The molecule has 0 aromatic rings. The van der Waals surface area contributed by atoms with Crippen LogP contribution in [-0.4, -0.2) is 30.5 Å². The Morgan fingerprint density at radius 3 is 2.58 bits per heavy atom. The van der Waals surface area contributed by atoms with Crippen LogP contribution in [0.15, 0.2) is 0 Å². The fourth-order valence-corrected chi connectivity index (χ4v) is 4.39. The summed E-state index contributed by atoms with van der Waals surface area (Å²) in [6, 6.07) is 0. The van der Waals surface area contributed by atoms with Crippen molar-refractivity contribution in [2.45, 2.75) is 82.0 Å². The third kappa shape index (κ3) is 2.84. The molecule has 0 radical (unpaired) electrons. The predicted molar refractivity (Wildman–Crippen MR) is 76.1 cm³/mol. The van der Waals surface area contributed by atoms with Gasteiger partial charge in [0.05, 0.1) is 23.9 Å². The first-order valence-corrected chi connectivity index (χ1v) is 8.17. The lowest BCUT2D eigenvalue weighted by Gasteiger charge is -2.30. The summed E-state index contributed by atoms with van der Waals surface area (Å²) in [5, 5.41) is 0. The van der Waals surface area contributed by atoms with Crippen molar-refractivity contribution in [1.29, 1.82) is 0 Å². The van der Waals surface area contributed by atoms with Crippen molar-refractivity contribution in [1.82, 2.24) is 0 Å². The molecule has 1 spiro atoms. The van der Waals surface area contributed by atoms with Crippen molar-refractivity contribution < 1.29 is 9.47 Å². The lowest BCUT2D eigenvalue weighted by Crippen LogP contribution is -2.40. The minimum Gasteiger partial charge on any atom is -0.371 e. The van der Waals surface area contributed by atoms with E-state index in [1.807, 2.05) is 0 Å². The average Bonchev–Trinajstić information content (AvgIpc) is 3.11. The molecule has 2 aliphatic carbocycles. The van der Waals surface area contributed by atoms with E-state index in [1.165, 1.54) is 44.9 Å². The molecule has 1 heterocycles. The highest BCUT2D eigenvalue weighted by Gasteiger charge is 2.44. The van der Waals surface area contributed by atoms with Crippen LogP contribution in [0.4, 0.5) is 0 Å². The molecule has 3 aliphatic rings. The summed E-state index contributed by atoms with van der Waals surface area (Å²) in [6.45, 7) is 3.72. The second-order valence-electron chi connectivity index (χ2n) is 7.21. The van der Waals surface area contributed by atoms with Gasteiger partial charge in [-0.2, -0.15) is 0 Å². The Kier molecular flexibility index (Phi) is 3.89. The van der Waals surface area contributed by atoms with Gasteiger partial charge < -0.3 is 15.2 Å². The fraction of sp³-hybridized carbons (Fsp3) is 1.00. The minimum absolute atomic E-state index is 0.0474. The Hall–Kier alpha value is -0.120. The normalized spacial score (nSPS) is 41.4. The predicted octanol–water partition coefficient (Wildman–Crippen LogP) is 3.01. The Morgan fingerprint density at radius 2 is 1.95 bits per heavy atom. The molecule has 2 saturated carbocycles. The van der Waals surface area contributed by atoms with E-state index >= 15 is 0 Å². The van der Waals surface area contributed by atoms with E-state index in [0.29, 0.717) is 12.6 Å². The van der Waals surface area contributed by atoms with Crippen LogP contribution in [0.5, 0.6) is 0 Å². The van der Waals surface area contributed by atoms with Crippen LogP contribution in [0.25, 0.3) is 0 Å². The van der Waals surface area contributed by atoms with Crippen molar-refractivity contribution >= 4 is 0 Å². The maximum Gasteiger partial charge on any atom is 0.0817 e. The standard InChI is InChI=1S/C16H29NO2/c1-13-4-8-16(10-13,12-17)18-11-14-5-9-15(19-14)6-2-3-7-15/h13-14H,2-12,17H2,1H3. The van der Waals surface area contributed by atoms with E-state index in [1.54, 1.807) is 0 Å². The second kappa shape index (κ2) is 5.34. The van der Waals surface area contributed by atoms with E-state index in [0.717, 1.165) is 25.4 Å². The van der Waals surface area contributed by atoms with Gasteiger partial charge in [-0.25, -0.2) is 0 Å². The number of nitrogens with two attached hydrogens (primary N) is 1. The lowest BCUT2D eigenvalue weighted by molar-refractivity contribution is -0.110. The summed E-state index contributed by atoms with van der Waals surface area (Å²) in [5.74, 6) is 0.759. The lowest BCUT2D eigenvalue weighted by atomic mass is 9.98. The molecule has 0 aromatic heterocycles. The highest BCUT2D eigenvalue weighted by atomic mass is 16.6. The Balaban J connectivity index is 1.50. The van der Waals surface area contributed by atoms with Gasteiger partial charge in [0.25, 0.3) is 0 Å². The zero-order valence-electron chi connectivity index (χ0n) is 12.3. The molecule has 3 nitrogen and oxygen atoms in total. The minimum atomic E-state index is -0.0474. The molecule has 3 fully saturated rings. The van der Waals surface area contributed by atoms with E-state index in [-0.39, 0.29) is 11.2 Å². The number of rotatable bonds is 4. The monoisotopic (exact) mass is 267 g/mol. The molecular weight excluding hydrogens is 238 g/mol. The summed E-state index contributed by atoms with van der Waals surface area (Å²) in [7, 11) is 0. The van der Waals surface area contributed by atoms with Gasteiger partial charge in [0.15, 0.2) is 0 Å². The van der Waals surface area contributed by atoms with Crippen LogP contribution in [0.3, 0.4) is 0 Å². The molecule has 3 unspecified atom stereocenters. The van der Waals surface area contributed by atoms with Gasteiger partial charge in [0.2, 0.25) is 0 Å². The molecule has 1 saturated heterocycles. The number of hydrogen-bond donors (Lipinski definition) is 1. The van der Waals surface area contributed by atoms with Gasteiger partial charge in [-0.3, -0.25) is 0 Å². The quantitative estimate of drug-likeness (QED) is 0.851. The van der Waals surface area contributed by atoms with Crippen molar-refractivity contribution in [2.24, 2.45) is 11.7 Å². The first-order chi connectivity index (χ1) is 9.15. The van der Waals surface area contributed by atoms with Gasteiger partial charge in [-0.15, -0.1) is 0 Å². The fourth-order valence-electron chi connectivity index (χ4n) is 4.39. The Bertz CT molecular complexity index is 314. The van der Waals surface area contributed by atoms with Gasteiger partial charge in [-0.1, -0.05) is 19.8 Å². The van der Waals surface area contributed by atoms with Crippen LogP contribution >= 0.6 is 0 Å². The smallest absolute Gasteiger partial charge is 0.0817 e. The van der Waals surface area contributed by atoms with Crippen molar-refractivity contribution in [3.63, 3.8) is 0 Å². The SMILES string of the molecule is CC1CCC(CN)(OCC2CCC3(CCCC3)O2)C1. The summed E-state index contributed by atoms with van der Waals surface area (Å²) >= 11 is 0. The first kappa shape index (κ1) is 13.8. The van der Waals surface area contributed by atoms with Gasteiger partial charge >= 0.3 is 0 Å². The largest absolute Gasteiger partial charge is 0.371 e. The van der Waals surface area contributed by atoms with Crippen LogP contribution in [0.2, 0.25) is 0 Å². The topological polar surface area (TPSA) is 44.5 Å². The van der Waals surface area contributed by atoms with E-state index in [4.69, 9.17) is 15.2 Å². The summed E-state index contributed by atoms with van der Waals surface area (Å²) in [4.78, 5) is 0. The molecule has 3 rings (SSSR count). The molecule has 19 heavy (non-hydrogen) atoms. The average molecular weight is 267 g/mol. The maximum atomic E-state index is 6.32. The Labute approximate surface area is 117 Å². The molecule has 0 bridgehead atoms. The first-order valence-electron chi connectivity index (χ1n) is 8.17. The molecule has 2 N–H and O–H groups in total. The van der Waals surface area contributed by atoms with Crippen LogP contribution < -0.4 is 5.73 Å². The van der Waals surface area contributed by atoms with E-state index in [2.05, 4.69) is 6.92 Å². The van der Waals surface area contributed by atoms with Crippen LogP contribution in [0.1, 0.15) is 64.7 Å². The molecule has 0 amide bonds. The zero-order chi connectivity index (χ0) is 13.3. The molecule has 1 aliphatic heterocycles. The summed E-state index contributed by atoms with van der Waals surface area (Å²) < 4.78 is 12.6. The van der Waals surface area contributed by atoms with Crippen LogP contribution in [0, 0.1) is 5.92 Å². The van der Waals surface area contributed by atoms with E-state index < -0.39 is 0 Å².